The maximum Gasteiger partial charge on any atom is 0.123 e. The second kappa shape index (κ2) is 7.25. The first-order valence-electron chi connectivity index (χ1n) is 3.96. The lowest BCUT2D eigenvalue weighted by atomic mass is 10.2. The highest BCUT2D eigenvalue weighted by Gasteiger charge is 1.91. The molecule has 0 aliphatic heterocycles. The highest BCUT2D eigenvalue weighted by molar-refractivity contribution is 5.83. The van der Waals surface area contributed by atoms with Crippen molar-refractivity contribution in [2.24, 2.45) is 5.16 Å². The molecule has 0 rings (SSSR count). The monoisotopic (exact) mass is 157 g/mol. The van der Waals surface area contributed by atoms with Crippen LogP contribution >= 0.6 is 0 Å². The predicted molar refractivity (Wildman–Crippen MR) is 44.7 cm³/mol. The Morgan fingerprint density at radius 1 is 1.45 bits per heavy atom. The fourth-order valence-corrected chi connectivity index (χ4v) is 0.617. The Balaban J connectivity index is 3.44. The average Bonchev–Trinajstić information content (AvgIpc) is 2.05. The average molecular weight is 157 g/mol. The minimum atomic E-state index is 0.396. The van der Waals surface area contributed by atoms with Crippen LogP contribution in [-0.4, -0.2) is 18.6 Å². The van der Waals surface area contributed by atoms with Crippen LogP contribution in [-0.2, 0) is 9.63 Å². The maximum atomic E-state index is 9.86. The molecule has 3 heteroatoms. The zero-order valence-corrected chi connectivity index (χ0v) is 7.17. The summed E-state index contributed by atoms with van der Waals surface area (Å²) in [5.41, 5.74) is 1.04. The lowest BCUT2D eigenvalue weighted by Crippen LogP contribution is -1.96. The van der Waals surface area contributed by atoms with E-state index >= 15 is 0 Å². The third-order valence-electron chi connectivity index (χ3n) is 1.34. The molecule has 0 N–H and O–H groups in total. The number of nitrogens with zero attached hydrogens (tertiary/aromatic N) is 1. The first-order valence-corrected chi connectivity index (χ1v) is 3.96. The van der Waals surface area contributed by atoms with Crippen LogP contribution in [0.25, 0.3) is 0 Å². The first-order chi connectivity index (χ1) is 5.35. The van der Waals surface area contributed by atoms with Crippen molar-refractivity contribution in [2.45, 2.75) is 33.1 Å². The molecule has 11 heavy (non-hydrogen) atoms. The van der Waals surface area contributed by atoms with Gasteiger partial charge < -0.3 is 9.63 Å². The Morgan fingerprint density at radius 2 is 2.09 bits per heavy atom. The number of aldehydes is 1. The minimum absolute atomic E-state index is 0.396. The number of carbonyl (C=O) groups is 1. The van der Waals surface area contributed by atoms with Crippen LogP contribution in [0.5, 0.6) is 0 Å². The van der Waals surface area contributed by atoms with Crippen molar-refractivity contribution in [1.29, 1.82) is 0 Å². The highest BCUT2D eigenvalue weighted by Crippen LogP contribution is 1.92. The van der Waals surface area contributed by atoms with Gasteiger partial charge in [-0.25, -0.2) is 0 Å². The van der Waals surface area contributed by atoms with E-state index in [1.165, 1.54) is 0 Å². The molecule has 0 spiro atoms. The molecule has 0 amide bonds. The van der Waals surface area contributed by atoms with Gasteiger partial charge in [-0.1, -0.05) is 19.0 Å². The third kappa shape index (κ3) is 5.58. The number of hydrogen-bond donors (Lipinski definition) is 0. The molecule has 0 aromatic rings. The van der Waals surface area contributed by atoms with E-state index in [-0.39, 0.29) is 0 Å². The van der Waals surface area contributed by atoms with Gasteiger partial charge in [0.2, 0.25) is 0 Å². The number of rotatable bonds is 6. The summed E-state index contributed by atoms with van der Waals surface area (Å²) >= 11 is 0. The molecule has 0 aromatic heterocycles. The molecule has 0 heterocycles. The minimum Gasteiger partial charge on any atom is -0.395 e. The second-order valence-electron chi connectivity index (χ2n) is 2.15. The summed E-state index contributed by atoms with van der Waals surface area (Å²) in [5, 5.41) is 3.86. The van der Waals surface area contributed by atoms with Gasteiger partial charge in [0.1, 0.15) is 12.9 Å². The van der Waals surface area contributed by atoms with Gasteiger partial charge in [-0.15, -0.1) is 0 Å². The van der Waals surface area contributed by atoms with E-state index in [0.29, 0.717) is 13.0 Å². The SMILES string of the molecule is CCC(CC)=NOCCC=O. The van der Waals surface area contributed by atoms with Crippen LogP contribution in [0.2, 0.25) is 0 Å². The Labute approximate surface area is 67.4 Å². The molecule has 3 nitrogen and oxygen atoms in total. The van der Waals surface area contributed by atoms with Crippen LogP contribution in [0.15, 0.2) is 5.16 Å². The summed E-state index contributed by atoms with van der Waals surface area (Å²) in [7, 11) is 0. The lowest BCUT2D eigenvalue weighted by molar-refractivity contribution is -0.108. The highest BCUT2D eigenvalue weighted by atomic mass is 16.6. The van der Waals surface area contributed by atoms with Gasteiger partial charge in [0.15, 0.2) is 0 Å². The first kappa shape index (κ1) is 10.1. The molecule has 0 aliphatic rings. The number of hydrogen-bond acceptors (Lipinski definition) is 3. The zero-order valence-electron chi connectivity index (χ0n) is 7.17. The molecule has 0 aromatic carbocycles. The molecular formula is C8H15NO2. The Hall–Kier alpha value is -0.860. The van der Waals surface area contributed by atoms with Crippen LogP contribution in [0.1, 0.15) is 33.1 Å². The van der Waals surface area contributed by atoms with Gasteiger partial charge in [-0.05, 0) is 12.8 Å². The zero-order chi connectivity index (χ0) is 8.53. The van der Waals surface area contributed by atoms with Gasteiger partial charge in [0, 0.05) is 6.42 Å². The molecule has 0 radical (unpaired) electrons. The summed E-state index contributed by atoms with van der Waals surface area (Å²) in [6, 6.07) is 0. The molecule has 0 bridgehead atoms. The van der Waals surface area contributed by atoms with Gasteiger partial charge in [-0.2, -0.15) is 0 Å². The Kier molecular flexibility index (Phi) is 6.68. The van der Waals surface area contributed by atoms with E-state index in [1.54, 1.807) is 0 Å². The van der Waals surface area contributed by atoms with Crippen molar-refractivity contribution >= 4 is 12.0 Å². The summed E-state index contributed by atoms with van der Waals surface area (Å²) in [6.07, 6.45) is 3.08. The van der Waals surface area contributed by atoms with E-state index in [2.05, 4.69) is 5.16 Å². The van der Waals surface area contributed by atoms with Crippen molar-refractivity contribution in [3.63, 3.8) is 0 Å². The van der Waals surface area contributed by atoms with E-state index in [4.69, 9.17) is 4.84 Å². The smallest absolute Gasteiger partial charge is 0.123 e. The normalized spacial score (nSPS) is 8.91. The third-order valence-corrected chi connectivity index (χ3v) is 1.34. The quantitative estimate of drug-likeness (QED) is 0.255. The molecule has 0 atom stereocenters. The second-order valence-corrected chi connectivity index (χ2v) is 2.15. The van der Waals surface area contributed by atoms with Crippen molar-refractivity contribution in [3.05, 3.63) is 0 Å². The number of oxime groups is 1. The van der Waals surface area contributed by atoms with Gasteiger partial charge in [0.25, 0.3) is 0 Å². The lowest BCUT2D eigenvalue weighted by Gasteiger charge is -1.98. The van der Waals surface area contributed by atoms with E-state index in [9.17, 15) is 4.79 Å². The molecule has 0 saturated heterocycles. The van der Waals surface area contributed by atoms with E-state index in [1.807, 2.05) is 13.8 Å². The van der Waals surface area contributed by atoms with Crippen LogP contribution in [0, 0.1) is 0 Å². The molecule has 64 valence electrons. The molecule has 0 fully saturated rings. The fourth-order valence-electron chi connectivity index (χ4n) is 0.617. The van der Waals surface area contributed by atoms with E-state index < -0.39 is 0 Å². The number of carbonyl (C=O) groups excluding carboxylic acids is 1. The van der Waals surface area contributed by atoms with Gasteiger partial charge in [0.05, 0.1) is 5.71 Å². The molecule has 0 unspecified atom stereocenters. The van der Waals surface area contributed by atoms with Crippen molar-refractivity contribution in [3.8, 4) is 0 Å². The predicted octanol–water partition coefficient (Wildman–Crippen LogP) is 1.77. The van der Waals surface area contributed by atoms with Crippen molar-refractivity contribution in [1.82, 2.24) is 0 Å². The molecule has 0 aliphatic carbocycles. The summed E-state index contributed by atoms with van der Waals surface area (Å²) in [4.78, 5) is 14.7. The standard InChI is InChI=1S/C8H15NO2/c1-3-8(4-2)9-11-7-5-6-10/h6H,3-5,7H2,1-2H3. The van der Waals surface area contributed by atoms with Crippen LogP contribution < -0.4 is 0 Å². The summed E-state index contributed by atoms with van der Waals surface area (Å²) in [6.45, 7) is 4.46. The van der Waals surface area contributed by atoms with Crippen molar-refractivity contribution in [2.75, 3.05) is 6.61 Å². The fraction of sp³-hybridized carbons (Fsp3) is 0.750. The van der Waals surface area contributed by atoms with E-state index in [0.717, 1.165) is 24.8 Å². The van der Waals surface area contributed by atoms with Gasteiger partial charge in [-0.3, -0.25) is 0 Å². The van der Waals surface area contributed by atoms with Gasteiger partial charge >= 0.3 is 0 Å². The largest absolute Gasteiger partial charge is 0.395 e. The van der Waals surface area contributed by atoms with Crippen LogP contribution in [0.3, 0.4) is 0 Å². The summed E-state index contributed by atoms with van der Waals surface area (Å²) in [5.74, 6) is 0. The topological polar surface area (TPSA) is 38.7 Å². The Bertz CT molecular complexity index is 126. The Morgan fingerprint density at radius 3 is 2.55 bits per heavy atom. The summed E-state index contributed by atoms with van der Waals surface area (Å²) < 4.78 is 0. The van der Waals surface area contributed by atoms with Crippen LogP contribution in [0.4, 0.5) is 0 Å². The maximum absolute atomic E-state index is 9.86. The molecular weight excluding hydrogens is 142 g/mol. The van der Waals surface area contributed by atoms with Crippen molar-refractivity contribution < 1.29 is 9.63 Å². The molecule has 0 saturated carbocycles.